The van der Waals surface area contributed by atoms with E-state index in [0.717, 1.165) is 25.1 Å². The summed E-state index contributed by atoms with van der Waals surface area (Å²) < 4.78 is 6.11. The first kappa shape index (κ1) is 15.0. The Labute approximate surface area is 112 Å². The maximum Gasteiger partial charge on any atom is 0.122 e. The highest BCUT2D eigenvalue weighted by Crippen LogP contribution is 2.22. The highest BCUT2D eigenvalue weighted by Gasteiger charge is 2.17. The van der Waals surface area contributed by atoms with Crippen LogP contribution in [0.1, 0.15) is 44.7 Å². The number of nitrogens with one attached hydrogen (secondary N) is 1. The van der Waals surface area contributed by atoms with Gasteiger partial charge in [-0.2, -0.15) is 0 Å². The molecule has 1 aromatic carbocycles. The van der Waals surface area contributed by atoms with Crippen molar-refractivity contribution < 1.29 is 4.74 Å². The second kappa shape index (κ2) is 7.42. The number of hydrogen-bond donors (Lipinski definition) is 1. The van der Waals surface area contributed by atoms with E-state index in [2.05, 4.69) is 58.1 Å². The molecule has 0 radical (unpaired) electrons. The van der Waals surface area contributed by atoms with Crippen molar-refractivity contribution in [2.24, 2.45) is 0 Å². The number of rotatable bonds is 7. The van der Waals surface area contributed by atoms with Gasteiger partial charge in [-0.15, -0.1) is 0 Å². The summed E-state index contributed by atoms with van der Waals surface area (Å²) in [4.78, 5) is 0. The molecule has 1 rings (SSSR count). The summed E-state index contributed by atoms with van der Waals surface area (Å²) in [6.07, 6.45) is 2.45. The van der Waals surface area contributed by atoms with Gasteiger partial charge in [0.05, 0.1) is 0 Å². The molecule has 0 bridgehead atoms. The van der Waals surface area contributed by atoms with Gasteiger partial charge in [0.15, 0.2) is 0 Å². The summed E-state index contributed by atoms with van der Waals surface area (Å²) in [5.74, 6) is 1.01. The monoisotopic (exact) mass is 249 g/mol. The van der Waals surface area contributed by atoms with Crippen molar-refractivity contribution >= 4 is 0 Å². The van der Waals surface area contributed by atoms with Crippen molar-refractivity contribution in [2.45, 2.75) is 59.6 Å². The standard InChI is InChI=1S/C16H27NO/c1-6-11-17-15(7-2)14(5)18-16-10-8-9-12(3)13(16)4/h8-10,14-15,17H,6-7,11H2,1-5H3. The van der Waals surface area contributed by atoms with Crippen molar-refractivity contribution in [3.8, 4) is 5.75 Å². The van der Waals surface area contributed by atoms with Gasteiger partial charge in [-0.1, -0.05) is 26.0 Å². The molecular formula is C16H27NO. The Bertz CT molecular complexity index is 362. The summed E-state index contributed by atoms with van der Waals surface area (Å²) in [6.45, 7) is 11.8. The van der Waals surface area contributed by atoms with E-state index < -0.39 is 0 Å². The topological polar surface area (TPSA) is 21.3 Å². The van der Waals surface area contributed by atoms with E-state index in [4.69, 9.17) is 4.74 Å². The molecular weight excluding hydrogens is 222 g/mol. The van der Waals surface area contributed by atoms with Crippen LogP contribution >= 0.6 is 0 Å². The molecule has 2 heteroatoms. The van der Waals surface area contributed by atoms with Gasteiger partial charge in [0, 0.05) is 6.04 Å². The number of aryl methyl sites for hydroxylation is 1. The quantitative estimate of drug-likeness (QED) is 0.792. The van der Waals surface area contributed by atoms with Crippen LogP contribution in [0.3, 0.4) is 0 Å². The van der Waals surface area contributed by atoms with Crippen molar-refractivity contribution in [2.75, 3.05) is 6.54 Å². The number of benzene rings is 1. The Hall–Kier alpha value is -1.02. The second-order valence-electron chi connectivity index (χ2n) is 4.99. The van der Waals surface area contributed by atoms with E-state index in [1.165, 1.54) is 11.1 Å². The zero-order chi connectivity index (χ0) is 13.5. The molecule has 0 aliphatic heterocycles. The predicted molar refractivity (Wildman–Crippen MR) is 78.4 cm³/mol. The van der Waals surface area contributed by atoms with Gasteiger partial charge in [-0.3, -0.25) is 0 Å². The molecule has 0 aliphatic rings. The zero-order valence-electron chi connectivity index (χ0n) is 12.4. The van der Waals surface area contributed by atoms with Crippen LogP contribution in [0.15, 0.2) is 18.2 Å². The van der Waals surface area contributed by atoms with Crippen LogP contribution < -0.4 is 10.1 Å². The van der Waals surface area contributed by atoms with Crippen molar-refractivity contribution in [1.82, 2.24) is 5.32 Å². The molecule has 102 valence electrons. The minimum Gasteiger partial charge on any atom is -0.489 e. The van der Waals surface area contributed by atoms with Gasteiger partial charge in [-0.05, 0) is 57.4 Å². The molecule has 2 unspecified atom stereocenters. The summed E-state index contributed by atoms with van der Waals surface area (Å²) in [5.41, 5.74) is 2.53. The summed E-state index contributed by atoms with van der Waals surface area (Å²) in [6, 6.07) is 6.67. The van der Waals surface area contributed by atoms with Gasteiger partial charge in [-0.25, -0.2) is 0 Å². The first-order chi connectivity index (χ1) is 8.60. The van der Waals surface area contributed by atoms with Crippen LogP contribution in [0.2, 0.25) is 0 Å². The normalized spacial score (nSPS) is 14.3. The van der Waals surface area contributed by atoms with Gasteiger partial charge < -0.3 is 10.1 Å². The Kier molecular flexibility index (Phi) is 6.20. The predicted octanol–water partition coefficient (Wildman–Crippen LogP) is 3.85. The molecule has 0 aliphatic carbocycles. The Morgan fingerprint density at radius 1 is 1.22 bits per heavy atom. The lowest BCUT2D eigenvalue weighted by atomic mass is 10.1. The van der Waals surface area contributed by atoms with Gasteiger partial charge in [0.1, 0.15) is 11.9 Å². The van der Waals surface area contributed by atoms with Crippen LogP contribution in [0.4, 0.5) is 0 Å². The van der Waals surface area contributed by atoms with E-state index in [1.807, 2.05) is 0 Å². The first-order valence-corrected chi connectivity index (χ1v) is 7.06. The summed E-state index contributed by atoms with van der Waals surface area (Å²) >= 11 is 0. The van der Waals surface area contributed by atoms with E-state index in [-0.39, 0.29) is 6.10 Å². The van der Waals surface area contributed by atoms with Crippen LogP contribution in [0.25, 0.3) is 0 Å². The van der Waals surface area contributed by atoms with Crippen LogP contribution in [0.5, 0.6) is 5.75 Å². The summed E-state index contributed by atoms with van der Waals surface area (Å²) in [5, 5.41) is 3.55. The van der Waals surface area contributed by atoms with Gasteiger partial charge in [0.2, 0.25) is 0 Å². The number of ether oxygens (including phenoxy) is 1. The van der Waals surface area contributed by atoms with Crippen LogP contribution in [0, 0.1) is 13.8 Å². The maximum atomic E-state index is 6.11. The lowest BCUT2D eigenvalue weighted by Crippen LogP contribution is -2.41. The van der Waals surface area contributed by atoms with Crippen molar-refractivity contribution in [3.63, 3.8) is 0 Å². The second-order valence-corrected chi connectivity index (χ2v) is 4.99. The SMILES string of the molecule is CCCNC(CC)C(C)Oc1cccc(C)c1C. The fourth-order valence-electron chi connectivity index (χ4n) is 2.11. The van der Waals surface area contributed by atoms with E-state index in [0.29, 0.717) is 6.04 Å². The molecule has 1 aromatic rings. The van der Waals surface area contributed by atoms with Gasteiger partial charge >= 0.3 is 0 Å². The molecule has 2 atom stereocenters. The van der Waals surface area contributed by atoms with E-state index in [9.17, 15) is 0 Å². The van der Waals surface area contributed by atoms with Gasteiger partial charge in [0.25, 0.3) is 0 Å². The molecule has 2 nitrogen and oxygen atoms in total. The van der Waals surface area contributed by atoms with E-state index in [1.54, 1.807) is 0 Å². The Morgan fingerprint density at radius 3 is 2.56 bits per heavy atom. The van der Waals surface area contributed by atoms with Crippen molar-refractivity contribution in [1.29, 1.82) is 0 Å². The minimum absolute atomic E-state index is 0.196. The first-order valence-electron chi connectivity index (χ1n) is 7.06. The molecule has 0 amide bonds. The fourth-order valence-corrected chi connectivity index (χ4v) is 2.11. The minimum atomic E-state index is 0.196. The molecule has 0 aromatic heterocycles. The molecule has 18 heavy (non-hydrogen) atoms. The van der Waals surface area contributed by atoms with Crippen LogP contribution in [-0.4, -0.2) is 18.7 Å². The largest absolute Gasteiger partial charge is 0.489 e. The average molecular weight is 249 g/mol. The molecule has 0 spiro atoms. The van der Waals surface area contributed by atoms with Crippen molar-refractivity contribution in [3.05, 3.63) is 29.3 Å². The average Bonchev–Trinajstić information content (AvgIpc) is 2.36. The third-order valence-electron chi connectivity index (χ3n) is 3.53. The third-order valence-corrected chi connectivity index (χ3v) is 3.53. The fraction of sp³-hybridized carbons (Fsp3) is 0.625. The highest BCUT2D eigenvalue weighted by atomic mass is 16.5. The Morgan fingerprint density at radius 2 is 1.94 bits per heavy atom. The lowest BCUT2D eigenvalue weighted by Gasteiger charge is -2.26. The smallest absolute Gasteiger partial charge is 0.122 e. The summed E-state index contributed by atoms with van der Waals surface area (Å²) in [7, 11) is 0. The lowest BCUT2D eigenvalue weighted by molar-refractivity contribution is 0.166. The molecule has 0 heterocycles. The number of hydrogen-bond acceptors (Lipinski definition) is 2. The van der Waals surface area contributed by atoms with E-state index >= 15 is 0 Å². The molecule has 0 saturated carbocycles. The zero-order valence-corrected chi connectivity index (χ0v) is 12.4. The van der Waals surface area contributed by atoms with Crippen LogP contribution in [-0.2, 0) is 0 Å². The molecule has 0 fully saturated rings. The maximum absolute atomic E-state index is 6.11. The molecule has 0 saturated heterocycles. The highest BCUT2D eigenvalue weighted by molar-refractivity contribution is 5.38. The Balaban J connectivity index is 2.67. The third kappa shape index (κ3) is 4.02. The molecule has 1 N–H and O–H groups in total.